The van der Waals surface area contributed by atoms with E-state index < -0.39 is 0 Å². The number of hydrogen-bond acceptors (Lipinski definition) is 3. The predicted molar refractivity (Wildman–Crippen MR) is 70.0 cm³/mol. The summed E-state index contributed by atoms with van der Waals surface area (Å²) < 4.78 is 0. The van der Waals surface area contributed by atoms with Crippen molar-refractivity contribution in [2.24, 2.45) is 0 Å². The first-order chi connectivity index (χ1) is 7.61. The summed E-state index contributed by atoms with van der Waals surface area (Å²) in [5.41, 5.74) is 7.53. The van der Waals surface area contributed by atoms with Gasteiger partial charge in [-0.2, -0.15) is 0 Å². The van der Waals surface area contributed by atoms with Crippen molar-refractivity contribution >= 4 is 22.2 Å². The van der Waals surface area contributed by atoms with Crippen LogP contribution in [0, 0.1) is 6.92 Å². The molecule has 16 heavy (non-hydrogen) atoms. The monoisotopic (exact) mass is 240 g/mol. The zero-order chi connectivity index (χ0) is 12.1. The lowest BCUT2D eigenvalue weighted by molar-refractivity contribution is 0.0756. The van der Waals surface area contributed by atoms with Gasteiger partial charge in [-0.05, 0) is 30.7 Å². The van der Waals surface area contributed by atoms with Crippen molar-refractivity contribution in [3.05, 3.63) is 16.5 Å². The summed E-state index contributed by atoms with van der Waals surface area (Å²) in [5.74, 6) is 0.0833. The molecule has 0 saturated heterocycles. The maximum absolute atomic E-state index is 12.3. The summed E-state index contributed by atoms with van der Waals surface area (Å²) in [6, 6.07) is 0. The SMILES string of the molecule is CCCN(CCC)C(=O)c1c(C)csc1N. The lowest BCUT2D eigenvalue weighted by atomic mass is 10.1. The molecule has 1 aromatic heterocycles. The zero-order valence-corrected chi connectivity index (χ0v) is 11.1. The molecule has 3 nitrogen and oxygen atoms in total. The average Bonchev–Trinajstić information content (AvgIpc) is 2.57. The van der Waals surface area contributed by atoms with Crippen molar-refractivity contribution in [3.63, 3.8) is 0 Å². The van der Waals surface area contributed by atoms with Crippen molar-refractivity contribution in [1.29, 1.82) is 0 Å². The molecule has 0 atom stereocenters. The van der Waals surface area contributed by atoms with E-state index in [1.165, 1.54) is 11.3 Å². The molecule has 90 valence electrons. The molecule has 0 aliphatic carbocycles. The summed E-state index contributed by atoms with van der Waals surface area (Å²) in [6.45, 7) is 7.72. The van der Waals surface area contributed by atoms with Gasteiger partial charge in [-0.3, -0.25) is 4.79 Å². The summed E-state index contributed by atoms with van der Waals surface area (Å²) in [5, 5.41) is 2.58. The number of carbonyl (C=O) groups excluding carboxylic acids is 1. The molecule has 0 aromatic carbocycles. The molecule has 0 unspecified atom stereocenters. The number of hydrogen-bond donors (Lipinski definition) is 1. The summed E-state index contributed by atoms with van der Waals surface area (Å²) in [6.07, 6.45) is 1.96. The zero-order valence-electron chi connectivity index (χ0n) is 10.2. The van der Waals surface area contributed by atoms with Gasteiger partial charge < -0.3 is 10.6 Å². The Morgan fingerprint density at radius 3 is 2.31 bits per heavy atom. The lowest BCUT2D eigenvalue weighted by Crippen LogP contribution is -2.33. The topological polar surface area (TPSA) is 46.3 Å². The number of rotatable bonds is 5. The van der Waals surface area contributed by atoms with E-state index in [9.17, 15) is 4.79 Å². The Morgan fingerprint density at radius 2 is 1.94 bits per heavy atom. The molecule has 1 heterocycles. The third-order valence-electron chi connectivity index (χ3n) is 2.49. The van der Waals surface area contributed by atoms with Crippen molar-refractivity contribution in [2.45, 2.75) is 33.6 Å². The minimum Gasteiger partial charge on any atom is -0.390 e. The molecule has 0 spiro atoms. The normalized spacial score (nSPS) is 10.4. The van der Waals surface area contributed by atoms with Crippen LogP contribution in [-0.4, -0.2) is 23.9 Å². The highest BCUT2D eigenvalue weighted by atomic mass is 32.1. The van der Waals surface area contributed by atoms with Crippen LogP contribution >= 0.6 is 11.3 Å². The predicted octanol–water partition coefficient (Wildman–Crippen LogP) is 2.90. The molecule has 1 aromatic rings. The van der Waals surface area contributed by atoms with Crippen LogP contribution in [0.2, 0.25) is 0 Å². The molecule has 1 rings (SSSR count). The van der Waals surface area contributed by atoms with Gasteiger partial charge in [0.1, 0.15) is 0 Å². The Balaban J connectivity index is 2.89. The van der Waals surface area contributed by atoms with Gasteiger partial charge >= 0.3 is 0 Å². The number of anilines is 1. The Labute approximate surface area is 101 Å². The summed E-state index contributed by atoms with van der Waals surface area (Å²) in [4.78, 5) is 14.2. The first kappa shape index (κ1) is 13.0. The van der Waals surface area contributed by atoms with E-state index in [-0.39, 0.29) is 5.91 Å². The highest BCUT2D eigenvalue weighted by Crippen LogP contribution is 2.25. The second-order valence-electron chi connectivity index (χ2n) is 3.95. The molecule has 0 radical (unpaired) electrons. The third-order valence-corrected chi connectivity index (χ3v) is 3.42. The standard InChI is InChI=1S/C12H20N2OS/c1-4-6-14(7-5-2)12(15)10-9(3)8-16-11(10)13/h8H,4-7,13H2,1-3H3. The summed E-state index contributed by atoms with van der Waals surface area (Å²) in [7, 11) is 0. The second-order valence-corrected chi connectivity index (χ2v) is 4.86. The molecule has 0 aliphatic heterocycles. The van der Waals surface area contributed by atoms with Crippen LogP contribution in [0.4, 0.5) is 5.00 Å². The van der Waals surface area contributed by atoms with Gasteiger partial charge in [0.2, 0.25) is 0 Å². The Hall–Kier alpha value is -1.03. The fourth-order valence-corrected chi connectivity index (χ4v) is 2.54. The molecular formula is C12H20N2OS. The largest absolute Gasteiger partial charge is 0.390 e. The maximum atomic E-state index is 12.3. The smallest absolute Gasteiger partial charge is 0.257 e. The van der Waals surface area contributed by atoms with Crippen LogP contribution in [0.3, 0.4) is 0 Å². The van der Waals surface area contributed by atoms with Crippen LogP contribution in [0.5, 0.6) is 0 Å². The lowest BCUT2D eigenvalue weighted by Gasteiger charge is -2.21. The molecule has 1 amide bonds. The highest BCUT2D eigenvalue weighted by Gasteiger charge is 2.20. The molecule has 0 bridgehead atoms. The van der Waals surface area contributed by atoms with Gasteiger partial charge in [-0.25, -0.2) is 0 Å². The van der Waals surface area contributed by atoms with Gasteiger partial charge in [0.05, 0.1) is 10.6 Å². The average molecular weight is 240 g/mol. The van der Waals surface area contributed by atoms with Gasteiger partial charge in [0.15, 0.2) is 0 Å². The van der Waals surface area contributed by atoms with E-state index in [0.29, 0.717) is 10.6 Å². The van der Waals surface area contributed by atoms with Crippen LogP contribution in [0.15, 0.2) is 5.38 Å². The van der Waals surface area contributed by atoms with Gasteiger partial charge in [0, 0.05) is 13.1 Å². The quantitative estimate of drug-likeness (QED) is 0.860. The number of amides is 1. The number of thiophene rings is 1. The van der Waals surface area contributed by atoms with Gasteiger partial charge in [-0.15, -0.1) is 11.3 Å². The van der Waals surface area contributed by atoms with Gasteiger partial charge in [0.25, 0.3) is 5.91 Å². The molecule has 0 fully saturated rings. The minimum atomic E-state index is 0.0833. The van der Waals surface area contributed by atoms with E-state index in [1.54, 1.807) is 0 Å². The van der Waals surface area contributed by atoms with Crippen molar-refractivity contribution in [2.75, 3.05) is 18.8 Å². The number of nitrogen functional groups attached to an aromatic ring is 1. The maximum Gasteiger partial charge on any atom is 0.257 e. The first-order valence-corrected chi connectivity index (χ1v) is 6.62. The number of nitrogens with two attached hydrogens (primary N) is 1. The van der Waals surface area contributed by atoms with E-state index in [0.717, 1.165) is 31.5 Å². The fraction of sp³-hybridized carbons (Fsp3) is 0.583. The van der Waals surface area contributed by atoms with E-state index in [4.69, 9.17) is 5.73 Å². The molecule has 2 N–H and O–H groups in total. The fourth-order valence-electron chi connectivity index (χ4n) is 1.75. The Kier molecular flexibility index (Phi) is 4.80. The molecule has 0 saturated carbocycles. The van der Waals surface area contributed by atoms with Crippen molar-refractivity contribution in [1.82, 2.24) is 4.90 Å². The molecule has 0 aliphatic rings. The van der Waals surface area contributed by atoms with Crippen molar-refractivity contribution < 1.29 is 4.79 Å². The Bertz CT molecular complexity index is 334. The minimum absolute atomic E-state index is 0.0833. The van der Waals surface area contributed by atoms with Crippen LogP contribution in [0.1, 0.15) is 42.6 Å². The van der Waals surface area contributed by atoms with Crippen LogP contribution in [0.25, 0.3) is 0 Å². The van der Waals surface area contributed by atoms with E-state index >= 15 is 0 Å². The van der Waals surface area contributed by atoms with Gasteiger partial charge in [-0.1, -0.05) is 13.8 Å². The summed E-state index contributed by atoms with van der Waals surface area (Å²) >= 11 is 1.44. The number of aryl methyl sites for hydroxylation is 1. The van der Waals surface area contributed by atoms with Crippen LogP contribution < -0.4 is 5.73 Å². The molecular weight excluding hydrogens is 220 g/mol. The molecule has 4 heteroatoms. The number of carbonyl (C=O) groups is 1. The van der Waals surface area contributed by atoms with E-state index in [2.05, 4.69) is 13.8 Å². The third kappa shape index (κ3) is 2.76. The number of nitrogens with zero attached hydrogens (tertiary/aromatic N) is 1. The van der Waals surface area contributed by atoms with E-state index in [1.807, 2.05) is 17.2 Å². The second kappa shape index (κ2) is 5.89. The Morgan fingerprint density at radius 1 is 1.38 bits per heavy atom. The van der Waals surface area contributed by atoms with Crippen molar-refractivity contribution in [3.8, 4) is 0 Å². The highest BCUT2D eigenvalue weighted by molar-refractivity contribution is 7.14. The first-order valence-electron chi connectivity index (χ1n) is 5.74. The van der Waals surface area contributed by atoms with Crippen LogP contribution in [-0.2, 0) is 0 Å².